The maximum Gasteiger partial charge on any atom is 0.490 e. The molecule has 0 radical (unpaired) electrons. The molecular formula is C23H27F3N2O5. The van der Waals surface area contributed by atoms with Gasteiger partial charge in [-0.3, -0.25) is 9.78 Å². The molecule has 2 saturated heterocycles. The van der Waals surface area contributed by atoms with Gasteiger partial charge >= 0.3 is 12.1 Å². The lowest BCUT2D eigenvalue weighted by molar-refractivity contribution is -0.192. The summed E-state index contributed by atoms with van der Waals surface area (Å²) in [5.41, 5.74) is 1.50. The molecule has 1 aromatic carbocycles. The van der Waals surface area contributed by atoms with Gasteiger partial charge in [-0.15, -0.1) is 0 Å². The molecule has 33 heavy (non-hydrogen) atoms. The average molecular weight is 468 g/mol. The molecule has 2 aromatic rings. The van der Waals surface area contributed by atoms with Crippen LogP contribution in [0.15, 0.2) is 36.5 Å². The molecule has 7 nitrogen and oxygen atoms in total. The number of carbonyl (C=O) groups is 2. The number of carbonyl (C=O) groups excluding carboxylic acids is 1. The van der Waals surface area contributed by atoms with E-state index in [0.717, 1.165) is 55.5 Å². The summed E-state index contributed by atoms with van der Waals surface area (Å²) in [4.78, 5) is 27.9. The number of alkyl halides is 3. The van der Waals surface area contributed by atoms with Crippen molar-refractivity contribution in [2.24, 2.45) is 5.92 Å². The van der Waals surface area contributed by atoms with Crippen LogP contribution in [-0.4, -0.2) is 71.6 Å². The number of rotatable bonds is 5. The molecule has 2 fully saturated rings. The van der Waals surface area contributed by atoms with Crippen molar-refractivity contribution in [3.05, 3.63) is 42.1 Å². The summed E-state index contributed by atoms with van der Waals surface area (Å²) >= 11 is 0. The lowest BCUT2D eigenvalue weighted by Crippen LogP contribution is -2.66. The number of aromatic nitrogens is 1. The van der Waals surface area contributed by atoms with Crippen molar-refractivity contribution < 1.29 is 37.3 Å². The van der Waals surface area contributed by atoms with Crippen molar-refractivity contribution in [1.29, 1.82) is 0 Å². The molecule has 0 aliphatic carbocycles. The summed E-state index contributed by atoms with van der Waals surface area (Å²) in [7, 11) is 0. The number of benzene rings is 1. The van der Waals surface area contributed by atoms with Crippen molar-refractivity contribution in [1.82, 2.24) is 9.88 Å². The van der Waals surface area contributed by atoms with Crippen LogP contribution in [0.3, 0.4) is 0 Å². The van der Waals surface area contributed by atoms with Crippen molar-refractivity contribution in [2.45, 2.75) is 38.0 Å². The summed E-state index contributed by atoms with van der Waals surface area (Å²) in [5, 5.41) is 8.12. The second-order valence-corrected chi connectivity index (χ2v) is 8.25. The molecule has 3 heterocycles. The number of pyridine rings is 1. The summed E-state index contributed by atoms with van der Waals surface area (Å²) in [6.45, 7) is 5.82. The Morgan fingerprint density at radius 3 is 2.70 bits per heavy atom. The fraction of sp³-hybridized carbons (Fsp3) is 0.522. The molecule has 1 unspecified atom stereocenters. The second-order valence-electron chi connectivity index (χ2n) is 8.25. The lowest BCUT2D eigenvalue weighted by atomic mass is 9.79. The summed E-state index contributed by atoms with van der Waals surface area (Å²) in [6.07, 6.45) is -0.0953. The van der Waals surface area contributed by atoms with Crippen molar-refractivity contribution in [3.8, 4) is 0 Å². The van der Waals surface area contributed by atoms with E-state index in [9.17, 15) is 18.0 Å². The average Bonchev–Trinajstić information content (AvgIpc) is 2.77. The zero-order valence-corrected chi connectivity index (χ0v) is 18.3. The second kappa shape index (κ2) is 10.5. The Kier molecular flexibility index (Phi) is 7.91. The number of halogens is 3. The molecule has 1 spiro atoms. The fourth-order valence-corrected chi connectivity index (χ4v) is 4.17. The van der Waals surface area contributed by atoms with E-state index in [2.05, 4.69) is 4.98 Å². The lowest BCUT2D eigenvalue weighted by Gasteiger charge is -2.53. The number of carboxylic acid groups (broad SMARTS) is 1. The predicted molar refractivity (Wildman–Crippen MR) is 114 cm³/mol. The first-order valence-electron chi connectivity index (χ1n) is 10.8. The van der Waals surface area contributed by atoms with Gasteiger partial charge in [0.25, 0.3) is 5.91 Å². The van der Waals surface area contributed by atoms with E-state index in [1.165, 1.54) is 0 Å². The largest absolute Gasteiger partial charge is 0.490 e. The number of aliphatic carboxylic acids is 1. The van der Waals surface area contributed by atoms with Crippen LogP contribution in [0.4, 0.5) is 13.2 Å². The summed E-state index contributed by atoms with van der Waals surface area (Å²) in [6, 6.07) is 9.61. The highest BCUT2D eigenvalue weighted by atomic mass is 19.4. The number of hydrogen-bond acceptors (Lipinski definition) is 5. The Morgan fingerprint density at radius 1 is 1.30 bits per heavy atom. The monoisotopic (exact) mass is 468 g/mol. The highest BCUT2D eigenvalue weighted by Crippen LogP contribution is 2.38. The fourth-order valence-electron chi connectivity index (χ4n) is 4.17. The Labute approximate surface area is 189 Å². The number of nitrogens with zero attached hydrogens (tertiary/aromatic N) is 2. The third kappa shape index (κ3) is 6.42. The zero-order valence-electron chi connectivity index (χ0n) is 18.3. The number of likely N-dealkylation sites (tertiary alicyclic amines) is 1. The van der Waals surface area contributed by atoms with Gasteiger partial charge in [0.05, 0.1) is 18.6 Å². The van der Waals surface area contributed by atoms with Crippen LogP contribution in [0.2, 0.25) is 0 Å². The van der Waals surface area contributed by atoms with Crippen LogP contribution in [0, 0.1) is 5.92 Å². The summed E-state index contributed by atoms with van der Waals surface area (Å²) < 4.78 is 43.3. The van der Waals surface area contributed by atoms with Gasteiger partial charge in [0, 0.05) is 37.0 Å². The molecule has 1 amide bonds. The van der Waals surface area contributed by atoms with Crippen LogP contribution in [0.1, 0.15) is 36.5 Å². The molecule has 1 N–H and O–H groups in total. The normalized spacial score (nSPS) is 19.5. The minimum absolute atomic E-state index is 0.0846. The molecule has 1 aromatic heterocycles. The molecule has 10 heteroatoms. The number of fused-ring (bicyclic) bond motifs is 1. The van der Waals surface area contributed by atoms with E-state index in [0.29, 0.717) is 19.0 Å². The smallest absolute Gasteiger partial charge is 0.475 e. The minimum Gasteiger partial charge on any atom is -0.475 e. The standard InChI is InChI=1S/C21H26N2O3.C2HF3O2/c1-2-25-10-7-16-8-11-26-21(13-16)14-23(15-21)20(24)18-5-6-19-17(12-18)4-3-9-22-19;3-2(4,5)1(6)7/h3-6,9,12,16H,2,7-8,10-11,13-15H2,1H3;(H,6,7). The van der Waals surface area contributed by atoms with E-state index in [1.807, 2.05) is 42.2 Å². The molecule has 1 atom stereocenters. The van der Waals surface area contributed by atoms with Crippen molar-refractivity contribution in [3.63, 3.8) is 0 Å². The first-order valence-corrected chi connectivity index (χ1v) is 10.8. The number of carboxylic acids is 1. The van der Waals surface area contributed by atoms with Gasteiger partial charge in [-0.1, -0.05) is 6.07 Å². The topological polar surface area (TPSA) is 89.0 Å². The number of ether oxygens (including phenoxy) is 2. The third-order valence-corrected chi connectivity index (χ3v) is 5.81. The molecule has 180 valence electrons. The molecule has 4 rings (SSSR count). The maximum absolute atomic E-state index is 12.8. The summed E-state index contributed by atoms with van der Waals surface area (Å²) in [5.74, 6) is -2.03. The molecule has 0 bridgehead atoms. The van der Waals surface area contributed by atoms with Crippen LogP contribution in [0.5, 0.6) is 0 Å². The van der Waals surface area contributed by atoms with Gasteiger partial charge in [-0.25, -0.2) is 4.79 Å². The van der Waals surface area contributed by atoms with Gasteiger partial charge < -0.3 is 19.5 Å². The first-order chi connectivity index (χ1) is 15.6. The van der Waals surface area contributed by atoms with Crippen molar-refractivity contribution in [2.75, 3.05) is 32.9 Å². The van der Waals surface area contributed by atoms with Gasteiger partial charge in [0.15, 0.2) is 0 Å². The van der Waals surface area contributed by atoms with Gasteiger partial charge in [0.2, 0.25) is 0 Å². The van der Waals surface area contributed by atoms with Crippen LogP contribution >= 0.6 is 0 Å². The van der Waals surface area contributed by atoms with Crippen LogP contribution in [-0.2, 0) is 14.3 Å². The Balaban J connectivity index is 0.000000383. The van der Waals surface area contributed by atoms with Crippen LogP contribution in [0.25, 0.3) is 10.9 Å². The maximum atomic E-state index is 12.8. The number of amides is 1. The minimum atomic E-state index is -5.08. The van der Waals surface area contributed by atoms with Crippen molar-refractivity contribution >= 4 is 22.8 Å². The van der Waals surface area contributed by atoms with Gasteiger partial charge in [0.1, 0.15) is 5.60 Å². The van der Waals surface area contributed by atoms with E-state index in [4.69, 9.17) is 19.4 Å². The molecular weight excluding hydrogens is 441 g/mol. The Hall–Kier alpha value is -2.72. The Bertz CT molecular complexity index is 976. The molecule has 2 aliphatic heterocycles. The molecule has 2 aliphatic rings. The first kappa shape index (κ1) is 24.9. The highest BCUT2D eigenvalue weighted by molar-refractivity contribution is 5.98. The van der Waals surface area contributed by atoms with E-state index in [1.54, 1.807) is 6.20 Å². The number of hydrogen-bond donors (Lipinski definition) is 1. The SMILES string of the molecule is CCOCCC1CCOC2(C1)CN(C(=O)c1ccc3ncccc3c1)C2.O=C(O)C(F)(F)F. The zero-order chi connectivity index (χ0) is 24.1. The highest BCUT2D eigenvalue weighted by Gasteiger charge is 2.49. The van der Waals surface area contributed by atoms with E-state index < -0.39 is 12.1 Å². The Morgan fingerprint density at radius 2 is 2.03 bits per heavy atom. The van der Waals surface area contributed by atoms with E-state index in [-0.39, 0.29) is 11.5 Å². The van der Waals surface area contributed by atoms with Crippen LogP contribution < -0.4 is 0 Å². The quantitative estimate of drug-likeness (QED) is 0.670. The van der Waals surface area contributed by atoms with Gasteiger partial charge in [-0.2, -0.15) is 13.2 Å². The molecule has 0 saturated carbocycles. The van der Waals surface area contributed by atoms with E-state index >= 15 is 0 Å². The van der Waals surface area contributed by atoms with Gasteiger partial charge in [-0.05, 0) is 56.4 Å². The third-order valence-electron chi connectivity index (χ3n) is 5.81. The predicted octanol–water partition coefficient (Wildman–Crippen LogP) is 3.92.